The van der Waals surface area contributed by atoms with Gasteiger partial charge in [0.1, 0.15) is 6.54 Å². The van der Waals surface area contributed by atoms with E-state index in [2.05, 4.69) is 13.8 Å². The predicted octanol–water partition coefficient (Wildman–Crippen LogP) is 1.49. The van der Waals surface area contributed by atoms with E-state index in [9.17, 15) is 9.59 Å². The minimum atomic E-state index is -0.999. The molecule has 5 heteroatoms. The minimum absolute atomic E-state index is 0.115. The van der Waals surface area contributed by atoms with Crippen LogP contribution in [-0.4, -0.2) is 53.6 Å². The SMILES string of the molecule is CC(C)CC(C)N(C)C(=O)N(C)CC(=O)O. The van der Waals surface area contributed by atoms with Crippen LogP contribution in [0.1, 0.15) is 27.2 Å². The molecule has 0 spiro atoms. The lowest BCUT2D eigenvalue weighted by Gasteiger charge is -2.29. The van der Waals surface area contributed by atoms with Crippen LogP contribution in [0.15, 0.2) is 0 Å². The van der Waals surface area contributed by atoms with Crippen LogP contribution < -0.4 is 0 Å². The molecule has 16 heavy (non-hydrogen) atoms. The van der Waals surface area contributed by atoms with Crippen LogP contribution in [0.2, 0.25) is 0 Å². The quantitative estimate of drug-likeness (QED) is 0.778. The molecule has 0 radical (unpaired) electrons. The number of carboxylic acids is 1. The Kier molecular flexibility index (Phi) is 5.85. The van der Waals surface area contributed by atoms with Crippen LogP contribution in [0.25, 0.3) is 0 Å². The summed E-state index contributed by atoms with van der Waals surface area (Å²) in [7, 11) is 3.20. The molecule has 1 N–H and O–H groups in total. The fraction of sp³-hybridized carbons (Fsp3) is 0.818. The summed E-state index contributed by atoms with van der Waals surface area (Å²) in [6.45, 7) is 5.88. The molecule has 0 aromatic heterocycles. The second-order valence-corrected chi connectivity index (χ2v) is 4.62. The van der Waals surface area contributed by atoms with Gasteiger partial charge >= 0.3 is 12.0 Å². The average Bonchev–Trinajstić information content (AvgIpc) is 2.13. The normalized spacial score (nSPS) is 12.4. The zero-order valence-corrected chi connectivity index (χ0v) is 10.7. The maximum atomic E-state index is 11.8. The van der Waals surface area contributed by atoms with E-state index in [1.165, 1.54) is 11.9 Å². The van der Waals surface area contributed by atoms with E-state index < -0.39 is 5.97 Å². The third kappa shape index (κ3) is 5.00. The molecule has 1 unspecified atom stereocenters. The Hall–Kier alpha value is -1.26. The third-order valence-electron chi connectivity index (χ3n) is 2.47. The molecule has 0 fully saturated rings. The maximum Gasteiger partial charge on any atom is 0.323 e. The second-order valence-electron chi connectivity index (χ2n) is 4.62. The molecule has 0 bridgehead atoms. The van der Waals surface area contributed by atoms with Crippen molar-refractivity contribution in [2.45, 2.75) is 33.2 Å². The van der Waals surface area contributed by atoms with Gasteiger partial charge in [-0.25, -0.2) is 4.79 Å². The molecule has 0 saturated carbocycles. The number of carboxylic acid groups (broad SMARTS) is 1. The summed E-state index contributed by atoms with van der Waals surface area (Å²) < 4.78 is 0. The van der Waals surface area contributed by atoms with Crippen LogP contribution in [0.5, 0.6) is 0 Å². The molecule has 0 aromatic carbocycles. The molecule has 1 atom stereocenters. The van der Waals surface area contributed by atoms with Crippen molar-refractivity contribution in [1.82, 2.24) is 9.80 Å². The van der Waals surface area contributed by atoms with Crippen LogP contribution in [0.4, 0.5) is 4.79 Å². The topological polar surface area (TPSA) is 60.9 Å². The summed E-state index contributed by atoms with van der Waals surface area (Å²) in [5.41, 5.74) is 0. The number of hydrogen-bond acceptors (Lipinski definition) is 2. The van der Waals surface area contributed by atoms with Gasteiger partial charge in [-0.2, -0.15) is 0 Å². The lowest BCUT2D eigenvalue weighted by atomic mass is 10.0. The van der Waals surface area contributed by atoms with Crippen LogP contribution in [0.3, 0.4) is 0 Å². The van der Waals surface area contributed by atoms with Crippen molar-refractivity contribution in [2.75, 3.05) is 20.6 Å². The van der Waals surface area contributed by atoms with Crippen molar-refractivity contribution < 1.29 is 14.7 Å². The minimum Gasteiger partial charge on any atom is -0.480 e. The first-order chi connectivity index (χ1) is 7.25. The van der Waals surface area contributed by atoms with Crippen molar-refractivity contribution in [3.63, 3.8) is 0 Å². The fourth-order valence-corrected chi connectivity index (χ4v) is 1.57. The molecule has 0 aromatic rings. The van der Waals surface area contributed by atoms with E-state index in [1.807, 2.05) is 6.92 Å². The Labute approximate surface area is 97.0 Å². The standard InChI is InChI=1S/C11H22N2O3/c1-8(2)6-9(3)13(5)11(16)12(4)7-10(14)15/h8-9H,6-7H2,1-5H3,(H,14,15). The lowest BCUT2D eigenvalue weighted by Crippen LogP contribution is -2.45. The fourth-order valence-electron chi connectivity index (χ4n) is 1.57. The second kappa shape index (κ2) is 6.35. The zero-order chi connectivity index (χ0) is 12.9. The number of nitrogens with zero attached hydrogens (tertiary/aromatic N) is 2. The zero-order valence-electron chi connectivity index (χ0n) is 10.7. The average molecular weight is 230 g/mol. The number of carbonyl (C=O) groups is 2. The Balaban J connectivity index is 4.31. The number of urea groups is 1. The van der Waals surface area contributed by atoms with E-state index in [1.54, 1.807) is 11.9 Å². The summed E-state index contributed by atoms with van der Waals surface area (Å²) in [5, 5.41) is 8.59. The Morgan fingerprint density at radius 3 is 2.06 bits per heavy atom. The maximum absolute atomic E-state index is 11.8. The highest BCUT2D eigenvalue weighted by Gasteiger charge is 2.21. The van der Waals surface area contributed by atoms with Gasteiger partial charge in [-0.05, 0) is 19.3 Å². The van der Waals surface area contributed by atoms with E-state index in [0.717, 1.165) is 6.42 Å². The molecule has 0 saturated heterocycles. The number of hydrogen-bond donors (Lipinski definition) is 1. The van der Waals surface area contributed by atoms with Gasteiger partial charge in [-0.15, -0.1) is 0 Å². The summed E-state index contributed by atoms with van der Waals surface area (Å²) in [5.74, 6) is -0.490. The van der Waals surface area contributed by atoms with E-state index >= 15 is 0 Å². The Bertz CT molecular complexity index is 254. The van der Waals surface area contributed by atoms with Gasteiger partial charge in [0.2, 0.25) is 0 Å². The summed E-state index contributed by atoms with van der Waals surface area (Å²) in [4.78, 5) is 25.1. The van der Waals surface area contributed by atoms with Crippen molar-refractivity contribution in [1.29, 1.82) is 0 Å². The van der Waals surface area contributed by atoms with Crippen molar-refractivity contribution >= 4 is 12.0 Å². The van der Waals surface area contributed by atoms with E-state index in [-0.39, 0.29) is 18.6 Å². The van der Waals surface area contributed by atoms with Crippen molar-refractivity contribution in [3.05, 3.63) is 0 Å². The van der Waals surface area contributed by atoms with Gasteiger partial charge in [0.25, 0.3) is 0 Å². The Morgan fingerprint density at radius 2 is 1.69 bits per heavy atom. The molecule has 2 amide bonds. The highest BCUT2D eigenvalue weighted by molar-refractivity contribution is 5.79. The smallest absolute Gasteiger partial charge is 0.323 e. The Morgan fingerprint density at radius 1 is 1.19 bits per heavy atom. The summed E-state index contributed by atoms with van der Waals surface area (Å²) in [6.07, 6.45) is 0.906. The van der Waals surface area contributed by atoms with Gasteiger partial charge in [0.05, 0.1) is 0 Å². The number of likely N-dealkylation sites (N-methyl/N-ethyl adjacent to an activating group) is 1. The monoisotopic (exact) mass is 230 g/mol. The molecule has 0 aliphatic rings. The number of carbonyl (C=O) groups excluding carboxylic acids is 1. The molecule has 0 aliphatic heterocycles. The molecule has 5 nitrogen and oxygen atoms in total. The first-order valence-electron chi connectivity index (χ1n) is 5.45. The highest BCUT2D eigenvalue weighted by Crippen LogP contribution is 2.10. The third-order valence-corrected chi connectivity index (χ3v) is 2.47. The summed E-state index contributed by atoms with van der Waals surface area (Å²) in [6, 6.07) is -0.140. The van der Waals surface area contributed by atoms with Gasteiger partial charge in [0, 0.05) is 20.1 Å². The molecule has 94 valence electrons. The number of amides is 2. The lowest BCUT2D eigenvalue weighted by molar-refractivity contribution is -0.137. The van der Waals surface area contributed by atoms with E-state index in [0.29, 0.717) is 5.92 Å². The number of aliphatic carboxylic acids is 1. The highest BCUT2D eigenvalue weighted by atomic mass is 16.4. The molecule has 0 aliphatic carbocycles. The van der Waals surface area contributed by atoms with E-state index in [4.69, 9.17) is 5.11 Å². The van der Waals surface area contributed by atoms with Gasteiger partial charge in [-0.3, -0.25) is 4.79 Å². The first-order valence-corrected chi connectivity index (χ1v) is 5.45. The first kappa shape index (κ1) is 14.7. The van der Waals surface area contributed by atoms with Gasteiger partial charge in [0.15, 0.2) is 0 Å². The van der Waals surface area contributed by atoms with Gasteiger partial charge in [-0.1, -0.05) is 13.8 Å². The van der Waals surface area contributed by atoms with Crippen LogP contribution >= 0.6 is 0 Å². The predicted molar refractivity (Wildman–Crippen MR) is 62.3 cm³/mol. The molecular formula is C11H22N2O3. The molecule has 0 heterocycles. The van der Waals surface area contributed by atoms with Crippen molar-refractivity contribution in [2.24, 2.45) is 5.92 Å². The summed E-state index contributed by atoms with van der Waals surface area (Å²) >= 11 is 0. The van der Waals surface area contributed by atoms with Crippen molar-refractivity contribution in [3.8, 4) is 0 Å². The number of rotatable bonds is 5. The molecular weight excluding hydrogens is 208 g/mol. The van der Waals surface area contributed by atoms with Gasteiger partial charge < -0.3 is 14.9 Å². The van der Waals surface area contributed by atoms with Crippen LogP contribution in [0, 0.1) is 5.92 Å². The van der Waals surface area contributed by atoms with Crippen LogP contribution in [-0.2, 0) is 4.79 Å². The molecule has 0 rings (SSSR count). The largest absolute Gasteiger partial charge is 0.480 e.